The molecule has 0 aromatic carbocycles. The number of thiazole rings is 1. The summed E-state index contributed by atoms with van der Waals surface area (Å²) < 4.78 is 5.22. The number of methoxy groups -OCH3 is 1. The Kier molecular flexibility index (Phi) is 3.08. The fraction of sp³-hybridized carbons (Fsp3) is 0.364. The van der Waals surface area contributed by atoms with Crippen molar-refractivity contribution in [3.63, 3.8) is 0 Å². The average molecular weight is 252 g/mol. The van der Waals surface area contributed by atoms with Crippen molar-refractivity contribution in [2.45, 2.75) is 20.0 Å². The van der Waals surface area contributed by atoms with Crippen LogP contribution in [0.3, 0.4) is 0 Å². The molecule has 0 saturated heterocycles. The van der Waals surface area contributed by atoms with Gasteiger partial charge in [-0.1, -0.05) is 11.3 Å². The number of aromatic carboxylic acids is 1. The second kappa shape index (κ2) is 4.38. The van der Waals surface area contributed by atoms with Crippen molar-refractivity contribution in [3.05, 3.63) is 22.3 Å². The molecule has 1 N–H and O–H groups in total. The maximum atomic E-state index is 11.2. The standard InChI is InChI=1S/C11H12N2O3S/c1-5(16-3)8-7(11(14)15)4-12-10-9(8)13-6(2)17-10/h4-5H,1-3H3,(H,14,15)/t5-/m1/s1. The molecule has 90 valence electrons. The first-order chi connectivity index (χ1) is 8.04. The molecule has 5 nitrogen and oxygen atoms in total. The number of carboxylic acid groups (broad SMARTS) is 1. The minimum atomic E-state index is -1.01. The Labute approximate surface area is 102 Å². The van der Waals surface area contributed by atoms with Crippen LogP contribution in [0.15, 0.2) is 6.20 Å². The number of carboxylic acids is 1. The number of aromatic nitrogens is 2. The predicted octanol–water partition coefficient (Wildman–Crippen LogP) is 2.41. The van der Waals surface area contributed by atoms with Gasteiger partial charge in [-0.05, 0) is 13.8 Å². The summed E-state index contributed by atoms with van der Waals surface area (Å²) in [6.07, 6.45) is 1.04. The van der Waals surface area contributed by atoms with Gasteiger partial charge in [0, 0.05) is 18.9 Å². The van der Waals surface area contributed by atoms with E-state index < -0.39 is 5.97 Å². The van der Waals surface area contributed by atoms with Crippen molar-refractivity contribution < 1.29 is 14.6 Å². The van der Waals surface area contributed by atoms with Gasteiger partial charge in [0.2, 0.25) is 0 Å². The third-order valence-corrected chi connectivity index (χ3v) is 3.44. The van der Waals surface area contributed by atoms with Gasteiger partial charge in [-0.15, -0.1) is 0 Å². The van der Waals surface area contributed by atoms with Crippen LogP contribution in [0.5, 0.6) is 0 Å². The maximum Gasteiger partial charge on any atom is 0.337 e. The largest absolute Gasteiger partial charge is 0.478 e. The van der Waals surface area contributed by atoms with E-state index in [-0.39, 0.29) is 11.7 Å². The molecule has 0 amide bonds. The van der Waals surface area contributed by atoms with Crippen molar-refractivity contribution in [2.75, 3.05) is 7.11 Å². The fourth-order valence-electron chi connectivity index (χ4n) is 1.70. The third kappa shape index (κ3) is 2.01. The van der Waals surface area contributed by atoms with E-state index in [9.17, 15) is 4.79 Å². The van der Waals surface area contributed by atoms with Gasteiger partial charge >= 0.3 is 5.97 Å². The summed E-state index contributed by atoms with van der Waals surface area (Å²) in [6, 6.07) is 0. The zero-order valence-electron chi connectivity index (χ0n) is 9.72. The van der Waals surface area contributed by atoms with Crippen LogP contribution in [0.2, 0.25) is 0 Å². The summed E-state index contributed by atoms with van der Waals surface area (Å²) in [5.74, 6) is -1.01. The molecular formula is C11H12N2O3S. The Morgan fingerprint density at radius 2 is 2.29 bits per heavy atom. The molecule has 0 aliphatic heterocycles. The van der Waals surface area contributed by atoms with Crippen LogP contribution >= 0.6 is 11.3 Å². The predicted molar refractivity (Wildman–Crippen MR) is 64.5 cm³/mol. The van der Waals surface area contributed by atoms with E-state index in [1.54, 1.807) is 14.0 Å². The lowest BCUT2D eigenvalue weighted by atomic mass is 10.0. The summed E-state index contributed by atoms with van der Waals surface area (Å²) in [5, 5.41) is 10.0. The topological polar surface area (TPSA) is 72.3 Å². The number of rotatable bonds is 3. The van der Waals surface area contributed by atoms with Crippen LogP contribution < -0.4 is 0 Å². The second-order valence-corrected chi connectivity index (χ2v) is 4.84. The highest BCUT2D eigenvalue weighted by Gasteiger charge is 2.21. The van der Waals surface area contributed by atoms with E-state index in [0.29, 0.717) is 11.1 Å². The molecule has 2 aromatic heterocycles. The SMILES string of the molecule is CO[C@H](C)c1c(C(=O)O)cnc2sc(C)nc12. The number of aryl methyl sites for hydroxylation is 1. The zero-order chi connectivity index (χ0) is 12.6. The highest BCUT2D eigenvalue weighted by atomic mass is 32.1. The van der Waals surface area contributed by atoms with Gasteiger partial charge < -0.3 is 9.84 Å². The minimum absolute atomic E-state index is 0.150. The summed E-state index contributed by atoms with van der Waals surface area (Å²) in [7, 11) is 1.54. The summed E-state index contributed by atoms with van der Waals surface area (Å²) >= 11 is 1.44. The molecule has 0 fully saturated rings. The van der Waals surface area contributed by atoms with Crippen LogP contribution in [0, 0.1) is 6.92 Å². The van der Waals surface area contributed by atoms with Gasteiger partial charge in [0.1, 0.15) is 10.3 Å². The molecular weight excluding hydrogens is 240 g/mol. The maximum absolute atomic E-state index is 11.2. The molecule has 0 aliphatic rings. The smallest absolute Gasteiger partial charge is 0.337 e. The number of nitrogens with zero attached hydrogens (tertiary/aromatic N) is 2. The number of ether oxygens (including phenoxy) is 1. The number of carbonyl (C=O) groups is 1. The molecule has 17 heavy (non-hydrogen) atoms. The molecule has 1 atom stereocenters. The van der Waals surface area contributed by atoms with E-state index in [1.807, 2.05) is 6.92 Å². The molecule has 0 saturated carbocycles. The number of pyridine rings is 1. The van der Waals surface area contributed by atoms with Gasteiger partial charge in [0.15, 0.2) is 0 Å². The van der Waals surface area contributed by atoms with E-state index in [4.69, 9.17) is 9.84 Å². The van der Waals surface area contributed by atoms with E-state index in [1.165, 1.54) is 17.5 Å². The van der Waals surface area contributed by atoms with Crippen molar-refractivity contribution in [3.8, 4) is 0 Å². The fourth-order valence-corrected chi connectivity index (χ4v) is 2.47. The number of hydrogen-bond donors (Lipinski definition) is 1. The van der Waals surface area contributed by atoms with Crippen LogP contribution in [-0.2, 0) is 4.74 Å². The van der Waals surface area contributed by atoms with E-state index >= 15 is 0 Å². The molecule has 0 radical (unpaired) electrons. The van der Waals surface area contributed by atoms with Gasteiger partial charge in [0.05, 0.1) is 16.7 Å². The minimum Gasteiger partial charge on any atom is -0.478 e. The number of hydrogen-bond acceptors (Lipinski definition) is 5. The lowest BCUT2D eigenvalue weighted by Crippen LogP contribution is -2.08. The lowest BCUT2D eigenvalue weighted by molar-refractivity contribution is 0.0683. The molecule has 2 rings (SSSR count). The van der Waals surface area contributed by atoms with Crippen LogP contribution in [0.25, 0.3) is 10.3 Å². The first kappa shape index (κ1) is 11.9. The van der Waals surface area contributed by atoms with Crippen molar-refractivity contribution in [1.82, 2.24) is 9.97 Å². The van der Waals surface area contributed by atoms with Gasteiger partial charge in [-0.2, -0.15) is 0 Å². The van der Waals surface area contributed by atoms with Crippen LogP contribution in [-0.4, -0.2) is 28.2 Å². The molecule has 6 heteroatoms. The van der Waals surface area contributed by atoms with Crippen molar-refractivity contribution >= 4 is 27.7 Å². The van der Waals surface area contributed by atoms with Gasteiger partial charge in [-0.25, -0.2) is 14.8 Å². The molecule has 0 unspecified atom stereocenters. The Morgan fingerprint density at radius 1 is 1.59 bits per heavy atom. The highest BCUT2D eigenvalue weighted by Crippen LogP contribution is 2.30. The first-order valence-electron chi connectivity index (χ1n) is 5.06. The normalized spacial score (nSPS) is 12.9. The van der Waals surface area contributed by atoms with Crippen LogP contribution in [0.4, 0.5) is 0 Å². The molecule has 0 bridgehead atoms. The van der Waals surface area contributed by atoms with E-state index in [0.717, 1.165) is 9.84 Å². The lowest BCUT2D eigenvalue weighted by Gasteiger charge is -2.12. The Bertz CT molecular complexity index is 579. The van der Waals surface area contributed by atoms with Crippen molar-refractivity contribution in [2.24, 2.45) is 0 Å². The molecule has 2 heterocycles. The van der Waals surface area contributed by atoms with Crippen molar-refractivity contribution in [1.29, 1.82) is 0 Å². The van der Waals surface area contributed by atoms with E-state index in [2.05, 4.69) is 9.97 Å². The molecule has 0 spiro atoms. The second-order valence-electron chi connectivity index (χ2n) is 3.66. The summed E-state index contributed by atoms with van der Waals surface area (Å²) in [5.41, 5.74) is 1.37. The Balaban J connectivity index is 2.78. The van der Waals surface area contributed by atoms with Crippen LogP contribution in [0.1, 0.15) is 34.0 Å². The number of fused-ring (bicyclic) bond motifs is 1. The Hall–Kier alpha value is -1.53. The van der Waals surface area contributed by atoms with Gasteiger partial charge in [0.25, 0.3) is 0 Å². The average Bonchev–Trinajstić information content (AvgIpc) is 2.66. The quantitative estimate of drug-likeness (QED) is 0.908. The molecule has 0 aliphatic carbocycles. The molecule has 2 aromatic rings. The highest BCUT2D eigenvalue weighted by molar-refractivity contribution is 7.18. The zero-order valence-corrected chi connectivity index (χ0v) is 10.5. The third-order valence-electron chi connectivity index (χ3n) is 2.56. The Morgan fingerprint density at radius 3 is 2.88 bits per heavy atom. The summed E-state index contributed by atoms with van der Waals surface area (Å²) in [6.45, 7) is 3.67. The monoisotopic (exact) mass is 252 g/mol. The first-order valence-corrected chi connectivity index (χ1v) is 5.88. The van der Waals surface area contributed by atoms with Gasteiger partial charge in [-0.3, -0.25) is 0 Å². The summed E-state index contributed by atoms with van der Waals surface area (Å²) in [4.78, 5) is 20.4.